The van der Waals surface area contributed by atoms with E-state index in [1.165, 1.54) is 6.07 Å². The Morgan fingerprint density at radius 3 is 2.56 bits per heavy atom. The molecule has 0 aromatic heterocycles. The molecule has 146 valence electrons. The SMILES string of the molecule is Cc1ccc(NC(=O)C2COCCN2)cc1S(=O)(=O)Nc1ccccc1.Cl. The summed E-state index contributed by atoms with van der Waals surface area (Å²) >= 11 is 0. The minimum atomic E-state index is -3.77. The Morgan fingerprint density at radius 1 is 1.15 bits per heavy atom. The van der Waals surface area contributed by atoms with Gasteiger partial charge in [-0.05, 0) is 36.8 Å². The number of carbonyl (C=O) groups excluding carboxylic acids is 1. The quantitative estimate of drug-likeness (QED) is 0.700. The molecule has 1 atom stereocenters. The maximum atomic E-state index is 12.7. The van der Waals surface area contributed by atoms with Gasteiger partial charge in [-0.2, -0.15) is 0 Å². The summed E-state index contributed by atoms with van der Waals surface area (Å²) in [5, 5.41) is 5.80. The number of hydrogen-bond donors (Lipinski definition) is 3. The third kappa shape index (κ3) is 5.43. The lowest BCUT2D eigenvalue weighted by atomic mass is 10.2. The summed E-state index contributed by atoms with van der Waals surface area (Å²) in [7, 11) is -3.77. The van der Waals surface area contributed by atoms with Gasteiger partial charge in [-0.3, -0.25) is 9.52 Å². The Morgan fingerprint density at radius 2 is 1.89 bits per heavy atom. The van der Waals surface area contributed by atoms with Gasteiger partial charge in [-0.15, -0.1) is 12.4 Å². The van der Waals surface area contributed by atoms with Crippen LogP contribution in [0.15, 0.2) is 53.4 Å². The average Bonchev–Trinajstić information content (AvgIpc) is 2.64. The second-order valence-corrected chi connectivity index (χ2v) is 7.67. The van der Waals surface area contributed by atoms with Crippen LogP contribution in [0, 0.1) is 6.92 Å². The molecule has 1 aliphatic rings. The van der Waals surface area contributed by atoms with Crippen LogP contribution >= 0.6 is 12.4 Å². The minimum absolute atomic E-state index is 0. The Balaban J connectivity index is 0.00000261. The van der Waals surface area contributed by atoms with Crippen molar-refractivity contribution in [1.82, 2.24) is 5.32 Å². The van der Waals surface area contributed by atoms with Crippen LogP contribution in [-0.4, -0.2) is 40.1 Å². The molecular weight excluding hydrogens is 390 g/mol. The number of sulfonamides is 1. The lowest BCUT2D eigenvalue weighted by Crippen LogP contribution is -2.48. The van der Waals surface area contributed by atoms with Crippen LogP contribution in [0.3, 0.4) is 0 Å². The predicted octanol–water partition coefficient (Wildman–Crippen LogP) is 2.14. The Labute approximate surface area is 165 Å². The molecule has 0 saturated carbocycles. The molecule has 0 bridgehead atoms. The largest absolute Gasteiger partial charge is 0.378 e. The van der Waals surface area contributed by atoms with E-state index in [0.717, 1.165) is 0 Å². The number of amides is 1. The first kappa shape index (κ1) is 21.2. The van der Waals surface area contributed by atoms with Gasteiger partial charge in [0, 0.05) is 17.9 Å². The number of hydrogen-bond acceptors (Lipinski definition) is 5. The summed E-state index contributed by atoms with van der Waals surface area (Å²) in [6.07, 6.45) is 0. The molecule has 1 saturated heterocycles. The van der Waals surface area contributed by atoms with Crippen molar-refractivity contribution in [3.05, 3.63) is 54.1 Å². The molecule has 27 heavy (non-hydrogen) atoms. The molecular formula is C18H22ClN3O4S. The first-order chi connectivity index (χ1) is 12.5. The monoisotopic (exact) mass is 411 g/mol. The van der Waals surface area contributed by atoms with E-state index in [4.69, 9.17) is 4.74 Å². The standard InChI is InChI=1S/C18H21N3O4S.ClH/c1-13-7-8-15(20-18(22)16-12-25-10-9-19-16)11-17(13)26(23,24)21-14-5-3-2-4-6-14;/h2-8,11,16,19,21H,9-10,12H2,1H3,(H,20,22);1H. The van der Waals surface area contributed by atoms with Crippen LogP contribution in [0.5, 0.6) is 0 Å². The second-order valence-electron chi connectivity index (χ2n) is 6.02. The predicted molar refractivity (Wildman–Crippen MR) is 107 cm³/mol. The molecule has 2 aromatic rings. The van der Waals surface area contributed by atoms with E-state index in [2.05, 4.69) is 15.4 Å². The van der Waals surface area contributed by atoms with E-state index in [-0.39, 0.29) is 23.2 Å². The number of para-hydroxylation sites is 1. The van der Waals surface area contributed by atoms with Gasteiger partial charge in [0.15, 0.2) is 0 Å². The van der Waals surface area contributed by atoms with Gasteiger partial charge < -0.3 is 15.4 Å². The molecule has 0 aliphatic carbocycles. The van der Waals surface area contributed by atoms with Gasteiger partial charge in [0.2, 0.25) is 5.91 Å². The Bertz CT molecular complexity index is 885. The van der Waals surface area contributed by atoms with Crippen LogP contribution in [-0.2, 0) is 19.6 Å². The van der Waals surface area contributed by atoms with Crippen molar-refractivity contribution in [2.24, 2.45) is 0 Å². The van der Waals surface area contributed by atoms with Gasteiger partial charge in [0.05, 0.1) is 18.1 Å². The van der Waals surface area contributed by atoms with E-state index in [0.29, 0.717) is 36.7 Å². The zero-order valence-electron chi connectivity index (χ0n) is 14.8. The van der Waals surface area contributed by atoms with Crippen LogP contribution < -0.4 is 15.4 Å². The van der Waals surface area contributed by atoms with Crippen molar-refractivity contribution in [2.75, 3.05) is 29.8 Å². The molecule has 1 heterocycles. The van der Waals surface area contributed by atoms with Crippen LogP contribution in [0.4, 0.5) is 11.4 Å². The van der Waals surface area contributed by atoms with Gasteiger partial charge >= 0.3 is 0 Å². The van der Waals surface area contributed by atoms with E-state index in [1.807, 2.05) is 6.07 Å². The van der Waals surface area contributed by atoms with Crippen LogP contribution in [0.1, 0.15) is 5.56 Å². The number of nitrogens with one attached hydrogen (secondary N) is 3. The summed E-state index contributed by atoms with van der Waals surface area (Å²) in [6, 6.07) is 13.0. The fourth-order valence-corrected chi connectivity index (χ4v) is 3.98. The summed E-state index contributed by atoms with van der Waals surface area (Å²) < 4.78 is 33.2. The highest BCUT2D eigenvalue weighted by molar-refractivity contribution is 7.92. The maximum Gasteiger partial charge on any atom is 0.262 e. The second kappa shape index (κ2) is 9.18. The molecule has 7 nitrogen and oxygen atoms in total. The number of morpholine rings is 1. The molecule has 1 amide bonds. The smallest absolute Gasteiger partial charge is 0.262 e. The molecule has 0 spiro atoms. The third-order valence-electron chi connectivity index (χ3n) is 4.01. The summed E-state index contributed by atoms with van der Waals surface area (Å²) in [5.41, 5.74) is 1.48. The summed E-state index contributed by atoms with van der Waals surface area (Å²) in [5.74, 6) is -0.257. The number of ether oxygens (including phenoxy) is 1. The van der Waals surface area contributed by atoms with E-state index < -0.39 is 16.1 Å². The van der Waals surface area contributed by atoms with Crippen molar-refractivity contribution in [1.29, 1.82) is 0 Å². The lowest BCUT2D eigenvalue weighted by molar-refractivity contribution is -0.120. The minimum Gasteiger partial charge on any atom is -0.378 e. The molecule has 1 unspecified atom stereocenters. The Hall–Kier alpha value is -2.13. The van der Waals surface area contributed by atoms with Crippen molar-refractivity contribution < 1.29 is 17.9 Å². The maximum absolute atomic E-state index is 12.7. The van der Waals surface area contributed by atoms with Gasteiger partial charge in [-0.1, -0.05) is 24.3 Å². The molecule has 1 aliphatic heterocycles. The van der Waals surface area contributed by atoms with Crippen molar-refractivity contribution in [3.63, 3.8) is 0 Å². The van der Waals surface area contributed by atoms with Gasteiger partial charge in [0.25, 0.3) is 10.0 Å². The third-order valence-corrected chi connectivity index (χ3v) is 5.53. The number of halogens is 1. The van der Waals surface area contributed by atoms with Gasteiger partial charge in [0.1, 0.15) is 6.04 Å². The van der Waals surface area contributed by atoms with E-state index >= 15 is 0 Å². The van der Waals surface area contributed by atoms with Crippen molar-refractivity contribution in [2.45, 2.75) is 17.9 Å². The summed E-state index contributed by atoms with van der Waals surface area (Å²) in [4.78, 5) is 12.4. The van der Waals surface area contributed by atoms with Crippen LogP contribution in [0.25, 0.3) is 0 Å². The Kier molecular flexibility index (Phi) is 7.20. The van der Waals surface area contributed by atoms with E-state index in [9.17, 15) is 13.2 Å². The molecule has 3 rings (SSSR count). The molecule has 2 aromatic carbocycles. The first-order valence-electron chi connectivity index (χ1n) is 8.26. The molecule has 1 fully saturated rings. The van der Waals surface area contributed by atoms with Gasteiger partial charge in [-0.25, -0.2) is 8.42 Å². The molecule has 9 heteroatoms. The normalized spacial score (nSPS) is 16.9. The number of anilines is 2. The lowest BCUT2D eigenvalue weighted by Gasteiger charge is -2.23. The fraction of sp³-hybridized carbons (Fsp3) is 0.278. The topological polar surface area (TPSA) is 96.5 Å². The zero-order valence-corrected chi connectivity index (χ0v) is 16.4. The number of aryl methyl sites for hydroxylation is 1. The molecule has 0 radical (unpaired) electrons. The highest BCUT2D eigenvalue weighted by Crippen LogP contribution is 2.23. The van der Waals surface area contributed by atoms with Crippen molar-refractivity contribution >= 4 is 39.7 Å². The number of rotatable bonds is 5. The van der Waals surface area contributed by atoms with E-state index in [1.54, 1.807) is 43.3 Å². The first-order valence-corrected chi connectivity index (χ1v) is 9.74. The molecule has 3 N–H and O–H groups in total. The highest BCUT2D eigenvalue weighted by Gasteiger charge is 2.22. The number of carbonyl (C=O) groups is 1. The fourth-order valence-electron chi connectivity index (χ4n) is 2.65. The summed E-state index contributed by atoms with van der Waals surface area (Å²) in [6.45, 7) is 3.18. The number of benzene rings is 2. The van der Waals surface area contributed by atoms with Crippen molar-refractivity contribution in [3.8, 4) is 0 Å². The average molecular weight is 412 g/mol. The zero-order chi connectivity index (χ0) is 18.6. The highest BCUT2D eigenvalue weighted by atomic mass is 35.5. The van der Waals surface area contributed by atoms with Crippen LogP contribution in [0.2, 0.25) is 0 Å².